The number of hydrogen-bond donors (Lipinski definition) is 2. The van der Waals surface area contributed by atoms with E-state index in [0.717, 1.165) is 10.2 Å². The number of carbonyl (C=O) groups is 1. The van der Waals surface area contributed by atoms with E-state index in [1.165, 1.54) is 16.9 Å². The fourth-order valence-electron chi connectivity index (χ4n) is 1.30. The number of aryl methyl sites for hydroxylation is 1. The molecule has 0 saturated carbocycles. The smallest absolute Gasteiger partial charge is 0.320 e. The highest BCUT2D eigenvalue weighted by molar-refractivity contribution is 7.22. The van der Waals surface area contributed by atoms with Crippen LogP contribution in [0.1, 0.15) is 5.56 Å². The second-order valence-corrected chi connectivity index (χ2v) is 4.15. The summed E-state index contributed by atoms with van der Waals surface area (Å²) in [5.41, 5.74) is 2.10. The summed E-state index contributed by atoms with van der Waals surface area (Å²) >= 11 is 1.48. The Kier molecular flexibility index (Phi) is 2.55. The number of amides is 2. The van der Waals surface area contributed by atoms with Crippen molar-refractivity contribution in [1.29, 1.82) is 0 Å². The molecular formula is C10H11N3OS. The molecule has 1 heterocycles. The molecule has 1 aromatic carbocycles. The average molecular weight is 221 g/mol. The second kappa shape index (κ2) is 3.86. The Labute approximate surface area is 91.3 Å². The minimum Gasteiger partial charge on any atom is -0.341 e. The zero-order chi connectivity index (χ0) is 10.8. The van der Waals surface area contributed by atoms with E-state index >= 15 is 0 Å². The van der Waals surface area contributed by atoms with Crippen molar-refractivity contribution < 1.29 is 4.79 Å². The number of carbonyl (C=O) groups excluding carboxylic acids is 1. The van der Waals surface area contributed by atoms with Gasteiger partial charge in [0.15, 0.2) is 5.13 Å². The number of urea groups is 1. The molecule has 2 aromatic rings. The Balaban J connectivity index is 2.39. The molecule has 0 unspecified atom stereocenters. The van der Waals surface area contributed by atoms with Crippen molar-refractivity contribution in [2.75, 3.05) is 12.4 Å². The van der Waals surface area contributed by atoms with Crippen LogP contribution in [0.4, 0.5) is 9.93 Å². The molecule has 0 aliphatic heterocycles. The Morgan fingerprint density at radius 3 is 2.93 bits per heavy atom. The Morgan fingerprint density at radius 1 is 1.47 bits per heavy atom. The van der Waals surface area contributed by atoms with Crippen LogP contribution in [0.15, 0.2) is 18.2 Å². The van der Waals surface area contributed by atoms with Crippen molar-refractivity contribution in [2.24, 2.45) is 0 Å². The maximum absolute atomic E-state index is 11.1. The van der Waals surface area contributed by atoms with Crippen LogP contribution in [0.25, 0.3) is 10.2 Å². The predicted molar refractivity (Wildman–Crippen MR) is 62.4 cm³/mol. The average Bonchev–Trinajstić information content (AvgIpc) is 2.62. The number of hydrogen-bond acceptors (Lipinski definition) is 3. The van der Waals surface area contributed by atoms with E-state index in [9.17, 15) is 4.79 Å². The number of fused-ring (bicyclic) bond motifs is 1. The quantitative estimate of drug-likeness (QED) is 0.776. The van der Waals surface area contributed by atoms with Crippen LogP contribution >= 0.6 is 11.3 Å². The molecule has 0 saturated heterocycles. The van der Waals surface area contributed by atoms with Gasteiger partial charge in [0.25, 0.3) is 0 Å². The molecule has 2 rings (SSSR count). The number of anilines is 1. The van der Waals surface area contributed by atoms with Gasteiger partial charge in [0.2, 0.25) is 0 Å². The SMILES string of the molecule is CNC(=O)Nc1nc2cccc(C)c2s1. The van der Waals surface area contributed by atoms with Gasteiger partial charge in [-0.15, -0.1) is 0 Å². The van der Waals surface area contributed by atoms with Gasteiger partial charge in [-0.3, -0.25) is 5.32 Å². The van der Waals surface area contributed by atoms with E-state index in [4.69, 9.17) is 0 Å². The number of thiazole rings is 1. The van der Waals surface area contributed by atoms with Gasteiger partial charge < -0.3 is 5.32 Å². The Bertz CT molecular complexity index is 506. The third-order valence-electron chi connectivity index (χ3n) is 2.06. The zero-order valence-electron chi connectivity index (χ0n) is 8.50. The standard InChI is InChI=1S/C10H11N3OS/c1-6-4-3-5-7-8(6)15-10(12-7)13-9(14)11-2/h3-5H,1-2H3,(H2,11,12,13,14). The number of aromatic nitrogens is 1. The van der Waals surface area contributed by atoms with Gasteiger partial charge in [0, 0.05) is 7.05 Å². The van der Waals surface area contributed by atoms with Gasteiger partial charge in [0.1, 0.15) is 0 Å². The molecule has 78 valence electrons. The van der Waals surface area contributed by atoms with Crippen LogP contribution in [0.5, 0.6) is 0 Å². The maximum atomic E-state index is 11.1. The zero-order valence-corrected chi connectivity index (χ0v) is 9.31. The van der Waals surface area contributed by atoms with Crippen molar-refractivity contribution in [3.63, 3.8) is 0 Å². The Hall–Kier alpha value is -1.62. The summed E-state index contributed by atoms with van der Waals surface area (Å²) in [6, 6.07) is 5.69. The second-order valence-electron chi connectivity index (χ2n) is 3.15. The fraction of sp³-hybridized carbons (Fsp3) is 0.200. The molecule has 0 aliphatic carbocycles. The van der Waals surface area contributed by atoms with E-state index in [-0.39, 0.29) is 6.03 Å². The lowest BCUT2D eigenvalue weighted by molar-refractivity contribution is 0.254. The largest absolute Gasteiger partial charge is 0.341 e. The van der Waals surface area contributed by atoms with Crippen LogP contribution in [0.3, 0.4) is 0 Å². The van der Waals surface area contributed by atoms with Crippen molar-refractivity contribution in [2.45, 2.75) is 6.92 Å². The van der Waals surface area contributed by atoms with E-state index in [2.05, 4.69) is 15.6 Å². The lowest BCUT2D eigenvalue weighted by Gasteiger charge is -1.97. The van der Waals surface area contributed by atoms with Gasteiger partial charge in [-0.2, -0.15) is 0 Å². The first-order valence-corrected chi connectivity index (χ1v) is 5.37. The lowest BCUT2D eigenvalue weighted by Crippen LogP contribution is -2.24. The van der Waals surface area contributed by atoms with Crippen molar-refractivity contribution in [3.05, 3.63) is 23.8 Å². The summed E-state index contributed by atoms with van der Waals surface area (Å²) in [6.07, 6.45) is 0. The van der Waals surface area contributed by atoms with Crippen LogP contribution in [-0.4, -0.2) is 18.1 Å². The van der Waals surface area contributed by atoms with Crippen molar-refractivity contribution >= 4 is 32.7 Å². The number of benzene rings is 1. The minimum atomic E-state index is -0.244. The van der Waals surface area contributed by atoms with E-state index < -0.39 is 0 Å². The van der Waals surface area contributed by atoms with Crippen molar-refractivity contribution in [1.82, 2.24) is 10.3 Å². The first-order valence-electron chi connectivity index (χ1n) is 4.55. The molecule has 5 heteroatoms. The topological polar surface area (TPSA) is 54.0 Å². The molecule has 2 amide bonds. The molecule has 0 radical (unpaired) electrons. The van der Waals surface area contributed by atoms with Gasteiger partial charge >= 0.3 is 6.03 Å². The summed E-state index contributed by atoms with van der Waals surface area (Å²) in [6.45, 7) is 2.03. The molecule has 2 N–H and O–H groups in total. The van der Waals surface area contributed by atoms with Crippen molar-refractivity contribution in [3.8, 4) is 0 Å². The van der Waals surface area contributed by atoms with Crippen LogP contribution in [-0.2, 0) is 0 Å². The first kappa shape index (κ1) is 9.92. The van der Waals surface area contributed by atoms with Gasteiger partial charge in [-0.25, -0.2) is 9.78 Å². The molecular weight excluding hydrogens is 210 g/mol. The third kappa shape index (κ3) is 1.92. The normalized spacial score (nSPS) is 10.3. The van der Waals surface area contributed by atoms with Gasteiger partial charge in [-0.1, -0.05) is 23.5 Å². The molecule has 0 bridgehead atoms. The van der Waals surface area contributed by atoms with Gasteiger partial charge in [-0.05, 0) is 18.6 Å². The predicted octanol–water partition coefficient (Wildman–Crippen LogP) is 2.36. The summed E-state index contributed by atoms with van der Waals surface area (Å²) < 4.78 is 1.11. The lowest BCUT2D eigenvalue weighted by atomic mass is 10.2. The molecule has 0 aliphatic rings. The molecule has 15 heavy (non-hydrogen) atoms. The molecule has 1 aromatic heterocycles. The molecule has 0 spiro atoms. The summed E-state index contributed by atoms with van der Waals surface area (Å²) in [5, 5.41) is 5.78. The van der Waals surface area contributed by atoms with Gasteiger partial charge in [0.05, 0.1) is 10.2 Å². The fourth-order valence-corrected chi connectivity index (χ4v) is 2.23. The Morgan fingerprint density at radius 2 is 2.27 bits per heavy atom. The number of nitrogens with zero attached hydrogens (tertiary/aromatic N) is 1. The summed E-state index contributed by atoms with van der Waals surface area (Å²) in [4.78, 5) is 15.4. The van der Waals surface area contributed by atoms with Crippen LogP contribution in [0.2, 0.25) is 0 Å². The number of rotatable bonds is 1. The van der Waals surface area contributed by atoms with E-state index in [1.54, 1.807) is 7.05 Å². The highest BCUT2D eigenvalue weighted by atomic mass is 32.1. The third-order valence-corrected chi connectivity index (χ3v) is 3.18. The molecule has 0 fully saturated rings. The summed E-state index contributed by atoms with van der Waals surface area (Å²) in [7, 11) is 1.58. The van der Waals surface area contributed by atoms with Crippen LogP contribution in [0, 0.1) is 6.92 Å². The van der Waals surface area contributed by atoms with E-state index in [0.29, 0.717) is 5.13 Å². The van der Waals surface area contributed by atoms with E-state index in [1.807, 2.05) is 25.1 Å². The monoisotopic (exact) mass is 221 g/mol. The minimum absolute atomic E-state index is 0.244. The highest BCUT2D eigenvalue weighted by Crippen LogP contribution is 2.28. The number of nitrogens with one attached hydrogen (secondary N) is 2. The maximum Gasteiger partial charge on any atom is 0.320 e. The molecule has 0 atom stereocenters. The first-order chi connectivity index (χ1) is 7.20. The highest BCUT2D eigenvalue weighted by Gasteiger charge is 2.07. The molecule has 4 nitrogen and oxygen atoms in total. The van der Waals surface area contributed by atoms with Crippen LogP contribution < -0.4 is 10.6 Å². The summed E-state index contributed by atoms with van der Waals surface area (Å²) in [5.74, 6) is 0.